The summed E-state index contributed by atoms with van der Waals surface area (Å²) in [5.74, 6) is 0. The lowest BCUT2D eigenvalue weighted by Crippen LogP contribution is -2.27. The van der Waals surface area contributed by atoms with Crippen molar-refractivity contribution in [3.8, 4) is 0 Å². The summed E-state index contributed by atoms with van der Waals surface area (Å²) in [4.78, 5) is 3.95. The standard InChI is InChI=1S/C14H15N3S/c1-11-2-4-12(5-3-11)10-16-14(18)17-13-6-8-15-9-7-13/h2-9H,10H2,1H3,(H2,15,16,17,18). The lowest BCUT2D eigenvalue weighted by molar-refractivity contribution is 0.925. The highest BCUT2D eigenvalue weighted by Gasteiger charge is 1.97. The van der Waals surface area contributed by atoms with Gasteiger partial charge in [-0.2, -0.15) is 0 Å². The molecule has 4 heteroatoms. The SMILES string of the molecule is Cc1ccc(CNC(=S)Nc2ccncc2)cc1. The van der Waals surface area contributed by atoms with E-state index in [9.17, 15) is 0 Å². The van der Waals surface area contributed by atoms with Gasteiger partial charge in [-0.15, -0.1) is 0 Å². The molecule has 0 amide bonds. The molecule has 0 aliphatic carbocycles. The first-order valence-electron chi connectivity index (χ1n) is 5.74. The van der Waals surface area contributed by atoms with Gasteiger partial charge in [-0.05, 0) is 36.8 Å². The summed E-state index contributed by atoms with van der Waals surface area (Å²) in [5, 5.41) is 6.88. The minimum absolute atomic E-state index is 0.613. The summed E-state index contributed by atoms with van der Waals surface area (Å²) in [7, 11) is 0. The van der Waals surface area contributed by atoms with E-state index in [0.717, 1.165) is 12.2 Å². The maximum absolute atomic E-state index is 5.22. The number of thiocarbonyl (C=S) groups is 1. The highest BCUT2D eigenvalue weighted by Crippen LogP contribution is 2.04. The minimum Gasteiger partial charge on any atom is -0.358 e. The Balaban J connectivity index is 1.83. The van der Waals surface area contributed by atoms with Crippen molar-refractivity contribution >= 4 is 23.0 Å². The van der Waals surface area contributed by atoms with Crippen molar-refractivity contribution in [3.05, 3.63) is 59.9 Å². The van der Waals surface area contributed by atoms with E-state index in [0.29, 0.717) is 5.11 Å². The Morgan fingerprint density at radius 3 is 2.44 bits per heavy atom. The van der Waals surface area contributed by atoms with Crippen LogP contribution in [0, 0.1) is 6.92 Å². The number of anilines is 1. The fourth-order valence-corrected chi connectivity index (χ4v) is 1.69. The second kappa shape index (κ2) is 6.12. The molecule has 0 aliphatic heterocycles. The molecule has 0 atom stereocenters. The van der Waals surface area contributed by atoms with E-state index < -0.39 is 0 Å². The van der Waals surface area contributed by atoms with E-state index in [1.165, 1.54) is 11.1 Å². The van der Waals surface area contributed by atoms with Crippen LogP contribution in [0.4, 0.5) is 5.69 Å². The van der Waals surface area contributed by atoms with E-state index in [1.54, 1.807) is 12.4 Å². The van der Waals surface area contributed by atoms with Crippen LogP contribution in [-0.4, -0.2) is 10.1 Å². The maximum atomic E-state index is 5.22. The highest BCUT2D eigenvalue weighted by molar-refractivity contribution is 7.80. The van der Waals surface area contributed by atoms with Gasteiger partial charge in [-0.1, -0.05) is 29.8 Å². The third kappa shape index (κ3) is 3.82. The number of rotatable bonds is 3. The van der Waals surface area contributed by atoms with Crippen molar-refractivity contribution in [2.75, 3.05) is 5.32 Å². The number of nitrogens with zero attached hydrogens (tertiary/aromatic N) is 1. The van der Waals surface area contributed by atoms with Crippen molar-refractivity contribution in [1.29, 1.82) is 0 Å². The first kappa shape index (κ1) is 12.5. The molecule has 3 nitrogen and oxygen atoms in total. The van der Waals surface area contributed by atoms with Gasteiger partial charge in [0.1, 0.15) is 0 Å². The van der Waals surface area contributed by atoms with Crippen molar-refractivity contribution in [2.24, 2.45) is 0 Å². The first-order valence-corrected chi connectivity index (χ1v) is 6.15. The zero-order valence-corrected chi connectivity index (χ0v) is 11.0. The summed E-state index contributed by atoms with van der Waals surface area (Å²) >= 11 is 5.22. The fraction of sp³-hybridized carbons (Fsp3) is 0.143. The second-order valence-corrected chi connectivity index (χ2v) is 4.44. The zero-order valence-electron chi connectivity index (χ0n) is 10.2. The van der Waals surface area contributed by atoms with Crippen LogP contribution in [0.2, 0.25) is 0 Å². The van der Waals surface area contributed by atoms with Crippen molar-refractivity contribution in [2.45, 2.75) is 13.5 Å². The Morgan fingerprint density at radius 1 is 1.11 bits per heavy atom. The van der Waals surface area contributed by atoms with Crippen LogP contribution < -0.4 is 10.6 Å². The molecular weight excluding hydrogens is 242 g/mol. The number of aromatic nitrogens is 1. The molecule has 0 saturated carbocycles. The lowest BCUT2D eigenvalue weighted by atomic mass is 10.1. The van der Waals surface area contributed by atoms with Gasteiger partial charge in [0.05, 0.1) is 0 Å². The van der Waals surface area contributed by atoms with E-state index in [4.69, 9.17) is 12.2 Å². The van der Waals surface area contributed by atoms with Gasteiger partial charge in [-0.3, -0.25) is 4.98 Å². The number of hydrogen-bond acceptors (Lipinski definition) is 2. The molecule has 2 aromatic rings. The van der Waals surface area contributed by atoms with Crippen molar-refractivity contribution in [3.63, 3.8) is 0 Å². The molecule has 0 fully saturated rings. The number of nitrogens with one attached hydrogen (secondary N) is 2. The topological polar surface area (TPSA) is 37.0 Å². The molecule has 0 spiro atoms. The maximum Gasteiger partial charge on any atom is 0.171 e. The Kier molecular flexibility index (Phi) is 4.25. The van der Waals surface area contributed by atoms with Crippen molar-refractivity contribution < 1.29 is 0 Å². The van der Waals surface area contributed by atoms with E-state index in [1.807, 2.05) is 12.1 Å². The van der Waals surface area contributed by atoms with Gasteiger partial charge in [-0.25, -0.2) is 0 Å². The second-order valence-electron chi connectivity index (χ2n) is 4.03. The molecule has 0 radical (unpaired) electrons. The van der Waals surface area contributed by atoms with Crippen LogP contribution in [0.1, 0.15) is 11.1 Å². The fourth-order valence-electron chi connectivity index (χ4n) is 1.50. The van der Waals surface area contributed by atoms with Crippen LogP contribution in [0.5, 0.6) is 0 Å². The Labute approximate surface area is 112 Å². The van der Waals surface area contributed by atoms with Crippen LogP contribution in [0.3, 0.4) is 0 Å². The first-order chi connectivity index (χ1) is 8.74. The number of aryl methyl sites for hydroxylation is 1. The Bertz CT molecular complexity index is 508. The lowest BCUT2D eigenvalue weighted by Gasteiger charge is -2.10. The summed E-state index contributed by atoms with van der Waals surface area (Å²) in [6.07, 6.45) is 3.45. The third-order valence-electron chi connectivity index (χ3n) is 2.51. The average Bonchev–Trinajstić information content (AvgIpc) is 2.39. The summed E-state index contributed by atoms with van der Waals surface area (Å²) < 4.78 is 0. The smallest absolute Gasteiger partial charge is 0.171 e. The molecule has 0 saturated heterocycles. The molecular formula is C14H15N3S. The Hall–Kier alpha value is -1.94. The molecule has 0 aliphatic rings. The number of hydrogen-bond donors (Lipinski definition) is 2. The van der Waals surface area contributed by atoms with Gasteiger partial charge < -0.3 is 10.6 Å². The van der Waals surface area contributed by atoms with Gasteiger partial charge in [0, 0.05) is 24.6 Å². The predicted molar refractivity (Wildman–Crippen MR) is 78.5 cm³/mol. The van der Waals surface area contributed by atoms with E-state index in [-0.39, 0.29) is 0 Å². The molecule has 0 bridgehead atoms. The highest BCUT2D eigenvalue weighted by atomic mass is 32.1. The molecule has 1 aromatic heterocycles. The van der Waals surface area contributed by atoms with E-state index in [2.05, 4.69) is 46.8 Å². The van der Waals surface area contributed by atoms with Gasteiger partial charge >= 0.3 is 0 Å². The number of pyridine rings is 1. The van der Waals surface area contributed by atoms with Gasteiger partial charge in [0.15, 0.2) is 5.11 Å². The Morgan fingerprint density at radius 2 is 1.78 bits per heavy atom. The monoisotopic (exact) mass is 257 g/mol. The van der Waals surface area contributed by atoms with Gasteiger partial charge in [0.25, 0.3) is 0 Å². The molecule has 0 unspecified atom stereocenters. The summed E-state index contributed by atoms with van der Waals surface area (Å²) in [6.45, 7) is 2.80. The average molecular weight is 257 g/mol. The summed E-state index contributed by atoms with van der Waals surface area (Å²) in [6, 6.07) is 12.1. The molecule has 2 N–H and O–H groups in total. The quantitative estimate of drug-likeness (QED) is 0.829. The predicted octanol–water partition coefficient (Wildman–Crippen LogP) is 2.88. The normalized spacial score (nSPS) is 9.83. The minimum atomic E-state index is 0.613. The molecule has 92 valence electrons. The summed E-state index contributed by atoms with van der Waals surface area (Å²) in [5.41, 5.74) is 3.40. The largest absolute Gasteiger partial charge is 0.358 e. The molecule has 1 heterocycles. The van der Waals surface area contributed by atoms with Crippen molar-refractivity contribution in [1.82, 2.24) is 10.3 Å². The molecule has 2 rings (SSSR count). The zero-order chi connectivity index (χ0) is 12.8. The van der Waals surface area contributed by atoms with Crippen LogP contribution >= 0.6 is 12.2 Å². The number of benzene rings is 1. The molecule has 1 aromatic carbocycles. The molecule has 18 heavy (non-hydrogen) atoms. The van der Waals surface area contributed by atoms with Crippen LogP contribution in [-0.2, 0) is 6.54 Å². The van der Waals surface area contributed by atoms with E-state index >= 15 is 0 Å². The van der Waals surface area contributed by atoms with Crippen LogP contribution in [0.15, 0.2) is 48.8 Å². The van der Waals surface area contributed by atoms with Crippen LogP contribution in [0.25, 0.3) is 0 Å². The third-order valence-corrected chi connectivity index (χ3v) is 2.76. The van der Waals surface area contributed by atoms with Gasteiger partial charge in [0.2, 0.25) is 0 Å².